The van der Waals surface area contributed by atoms with E-state index in [0.717, 1.165) is 22.9 Å². The van der Waals surface area contributed by atoms with E-state index in [1.165, 1.54) is 0 Å². The second-order valence-corrected chi connectivity index (χ2v) is 9.05. The van der Waals surface area contributed by atoms with Gasteiger partial charge in [-0.2, -0.15) is 0 Å². The third-order valence-corrected chi connectivity index (χ3v) is 6.61. The molecule has 2 aromatic rings. The van der Waals surface area contributed by atoms with Gasteiger partial charge < -0.3 is 25.2 Å². The Kier molecular flexibility index (Phi) is 8.10. The van der Waals surface area contributed by atoms with Crippen LogP contribution in [-0.2, 0) is 31.6 Å². The van der Waals surface area contributed by atoms with Gasteiger partial charge in [0.15, 0.2) is 0 Å². The van der Waals surface area contributed by atoms with Gasteiger partial charge >= 0.3 is 0 Å². The molecule has 1 atom stereocenters. The highest BCUT2D eigenvalue weighted by molar-refractivity contribution is 7.84. The molecule has 1 aromatic heterocycles. The lowest BCUT2D eigenvalue weighted by Crippen LogP contribution is -2.49. The molecule has 0 bridgehead atoms. The quantitative estimate of drug-likeness (QED) is 0.314. The van der Waals surface area contributed by atoms with Gasteiger partial charge in [-0.25, -0.2) is 5.90 Å². The van der Waals surface area contributed by atoms with Crippen LogP contribution >= 0.6 is 0 Å². The number of phenols is 1. The number of H-pyrrole nitrogens is 1. The van der Waals surface area contributed by atoms with Crippen molar-refractivity contribution < 1.29 is 23.7 Å². The molecule has 1 unspecified atom stereocenters. The molecule has 1 aliphatic rings. The summed E-state index contributed by atoms with van der Waals surface area (Å²) in [5.74, 6) is 4.73. The Labute approximate surface area is 189 Å². The van der Waals surface area contributed by atoms with Crippen molar-refractivity contribution in [2.45, 2.75) is 31.2 Å². The van der Waals surface area contributed by atoms with Crippen LogP contribution in [0.5, 0.6) is 5.75 Å². The van der Waals surface area contributed by atoms with Gasteiger partial charge in [0.2, 0.25) is 11.8 Å². The monoisotopic (exact) mass is 465 g/mol. The second kappa shape index (κ2) is 10.8. The zero-order valence-electron chi connectivity index (χ0n) is 18.5. The highest BCUT2D eigenvalue weighted by Crippen LogP contribution is 2.39. The molecule has 0 spiro atoms. The molecule has 0 radical (unpaired) electrons. The number of piperazine rings is 1. The number of carbonyl (C=O) groups excluding carboxylic acids is 2. The maximum Gasteiger partial charge on any atom is 0.248 e. The number of aryl methyl sites for hydroxylation is 1. The van der Waals surface area contributed by atoms with Crippen LogP contribution in [0.1, 0.15) is 25.3 Å². The number of fused-ring (bicyclic) bond motifs is 1. The average Bonchev–Trinajstić information content (AvgIpc) is 3.16. The van der Waals surface area contributed by atoms with E-state index < -0.39 is 10.8 Å². The Morgan fingerprint density at radius 1 is 1.28 bits per heavy atom. The van der Waals surface area contributed by atoms with Crippen LogP contribution in [-0.4, -0.2) is 76.6 Å². The summed E-state index contributed by atoms with van der Waals surface area (Å²) in [6.45, 7) is 4.43. The smallest absolute Gasteiger partial charge is 0.248 e. The van der Waals surface area contributed by atoms with Crippen LogP contribution in [0, 0.1) is 0 Å². The number of carbonyl (C=O) groups is 2. The number of phenolic OH excluding ortho intramolecular Hbond substituents is 1. The predicted molar refractivity (Wildman–Crippen MR) is 123 cm³/mol. The first kappa shape index (κ1) is 24.0. The number of nitrogens with one attached hydrogen (secondary N) is 2. The normalized spacial score (nSPS) is 15.2. The molecule has 0 saturated carbocycles. The van der Waals surface area contributed by atoms with Gasteiger partial charge in [0.05, 0.1) is 16.3 Å². The van der Waals surface area contributed by atoms with Crippen molar-refractivity contribution in [1.82, 2.24) is 15.2 Å². The van der Waals surface area contributed by atoms with Crippen LogP contribution in [0.3, 0.4) is 0 Å². The van der Waals surface area contributed by atoms with Crippen molar-refractivity contribution in [2.75, 3.05) is 50.5 Å². The molecule has 11 heteroatoms. The van der Waals surface area contributed by atoms with Crippen molar-refractivity contribution in [3.63, 3.8) is 0 Å². The van der Waals surface area contributed by atoms with Crippen molar-refractivity contribution in [1.29, 1.82) is 0 Å². The number of nitrogens with two attached hydrogens (primary N) is 1. The second-order valence-electron chi connectivity index (χ2n) is 7.73. The zero-order chi connectivity index (χ0) is 23.3. The highest BCUT2D eigenvalue weighted by atomic mass is 32.2. The molecule has 3 rings (SSSR count). The van der Waals surface area contributed by atoms with Crippen LogP contribution in [0.2, 0.25) is 0 Å². The lowest BCUT2D eigenvalue weighted by atomic mass is 10.1. The minimum Gasteiger partial charge on any atom is -0.506 e. The van der Waals surface area contributed by atoms with Crippen molar-refractivity contribution in [3.8, 4) is 5.75 Å². The molecule has 2 amide bonds. The molecule has 0 aliphatic carbocycles. The summed E-state index contributed by atoms with van der Waals surface area (Å²) < 4.78 is 12.2. The van der Waals surface area contributed by atoms with Crippen molar-refractivity contribution in [2.24, 2.45) is 5.90 Å². The fraction of sp³-hybridized carbons (Fsp3) is 0.524. The number of benzene rings is 1. The van der Waals surface area contributed by atoms with Gasteiger partial charge in [-0.3, -0.25) is 18.6 Å². The number of hydrogen-bond donors (Lipinski definition) is 4. The van der Waals surface area contributed by atoms with Crippen molar-refractivity contribution in [3.05, 3.63) is 17.7 Å². The van der Waals surface area contributed by atoms with E-state index in [0.29, 0.717) is 56.3 Å². The molecular formula is C21H31N5O5S. The third-order valence-electron chi connectivity index (χ3n) is 5.69. The number of amides is 2. The molecule has 1 aromatic carbocycles. The van der Waals surface area contributed by atoms with Crippen LogP contribution in [0.15, 0.2) is 17.2 Å². The van der Waals surface area contributed by atoms with Crippen molar-refractivity contribution >= 4 is 39.2 Å². The standard InChI is InChI=1S/C21H31N5O5S/c1-3-14-15-6-7-16(27)20(19(15)24-21(14)32(2)30)26-11-9-25(10-12-26)18(29)5-4-8-23-17(28)13-31-22/h6-7,24,27H,3-5,8-13,22H2,1-2H3,(H,23,28). The molecule has 5 N–H and O–H groups in total. The molecule has 2 heterocycles. The van der Waals surface area contributed by atoms with E-state index in [2.05, 4.69) is 20.0 Å². The molecule has 1 aliphatic heterocycles. The molecule has 10 nitrogen and oxygen atoms in total. The molecule has 32 heavy (non-hydrogen) atoms. The van der Waals surface area contributed by atoms with Gasteiger partial charge in [-0.05, 0) is 30.5 Å². The van der Waals surface area contributed by atoms with Crippen LogP contribution in [0.25, 0.3) is 10.9 Å². The van der Waals surface area contributed by atoms with Gasteiger partial charge in [0.25, 0.3) is 0 Å². The largest absolute Gasteiger partial charge is 0.506 e. The van der Waals surface area contributed by atoms with E-state index in [1.54, 1.807) is 17.2 Å². The summed E-state index contributed by atoms with van der Waals surface area (Å²) >= 11 is 0. The van der Waals surface area contributed by atoms with E-state index in [9.17, 15) is 18.9 Å². The number of aromatic amines is 1. The first-order chi connectivity index (χ1) is 15.4. The fourth-order valence-electron chi connectivity index (χ4n) is 4.12. The number of anilines is 1. The number of aromatic hydroxyl groups is 1. The third kappa shape index (κ3) is 5.22. The fourth-order valence-corrected chi connectivity index (χ4v) is 4.96. The SMILES string of the molecule is CCc1c(S(C)=O)[nH]c2c(N3CCN(C(=O)CCCNC(=O)CON)CC3)c(O)ccc12. The Balaban J connectivity index is 1.64. The average molecular weight is 466 g/mol. The predicted octanol–water partition coefficient (Wildman–Crippen LogP) is 0.609. The molecule has 1 fully saturated rings. The minimum atomic E-state index is -1.16. The van der Waals surface area contributed by atoms with Gasteiger partial charge in [-0.15, -0.1) is 0 Å². The van der Waals surface area contributed by atoms with Crippen LogP contribution < -0.4 is 16.1 Å². The number of rotatable bonds is 9. The first-order valence-electron chi connectivity index (χ1n) is 10.7. The first-order valence-corrected chi connectivity index (χ1v) is 12.2. The number of nitrogens with zero attached hydrogens (tertiary/aromatic N) is 2. The number of hydrogen-bond acceptors (Lipinski definition) is 7. The Morgan fingerprint density at radius 2 is 2.00 bits per heavy atom. The summed E-state index contributed by atoms with van der Waals surface area (Å²) in [6, 6.07) is 3.53. The zero-order valence-corrected chi connectivity index (χ0v) is 19.3. The maximum atomic E-state index is 12.5. The number of aromatic nitrogens is 1. The van der Waals surface area contributed by atoms with Crippen LogP contribution in [0.4, 0.5) is 5.69 Å². The highest BCUT2D eigenvalue weighted by Gasteiger charge is 2.26. The minimum absolute atomic E-state index is 0.0354. The van der Waals surface area contributed by atoms with E-state index in [1.807, 2.05) is 13.0 Å². The lowest BCUT2D eigenvalue weighted by Gasteiger charge is -2.36. The summed E-state index contributed by atoms with van der Waals surface area (Å²) in [5.41, 5.74) is 2.47. The maximum absolute atomic E-state index is 12.5. The lowest BCUT2D eigenvalue weighted by molar-refractivity contribution is -0.132. The van der Waals surface area contributed by atoms with E-state index in [-0.39, 0.29) is 24.2 Å². The van der Waals surface area contributed by atoms with E-state index >= 15 is 0 Å². The van der Waals surface area contributed by atoms with Gasteiger partial charge in [0.1, 0.15) is 23.1 Å². The molecule has 176 valence electrons. The van der Waals surface area contributed by atoms with Gasteiger partial charge in [0, 0.05) is 50.8 Å². The topological polar surface area (TPSA) is 141 Å². The Hall–Kier alpha value is -2.63. The Morgan fingerprint density at radius 3 is 2.62 bits per heavy atom. The summed E-state index contributed by atoms with van der Waals surface area (Å²) in [4.78, 5) is 35.2. The van der Waals surface area contributed by atoms with E-state index in [4.69, 9.17) is 5.90 Å². The Bertz CT molecular complexity index is 1000. The molecule has 1 saturated heterocycles. The molecular weight excluding hydrogens is 434 g/mol. The summed E-state index contributed by atoms with van der Waals surface area (Å²) in [6.07, 6.45) is 3.26. The summed E-state index contributed by atoms with van der Waals surface area (Å²) in [5, 5.41) is 14.9. The summed E-state index contributed by atoms with van der Waals surface area (Å²) in [7, 11) is -1.16. The van der Waals surface area contributed by atoms with Gasteiger partial charge in [-0.1, -0.05) is 6.92 Å².